The van der Waals surface area contributed by atoms with E-state index in [2.05, 4.69) is 25.7 Å². The van der Waals surface area contributed by atoms with Crippen molar-refractivity contribution in [3.05, 3.63) is 44.3 Å². The quantitative estimate of drug-likeness (QED) is 0.616. The van der Waals surface area contributed by atoms with E-state index in [0.29, 0.717) is 24.2 Å². The Bertz CT molecular complexity index is 648. The van der Waals surface area contributed by atoms with Crippen LogP contribution >= 0.6 is 11.6 Å². The molecule has 0 bridgehead atoms. The van der Waals surface area contributed by atoms with Crippen LogP contribution in [0.5, 0.6) is 0 Å². The fourth-order valence-corrected chi connectivity index (χ4v) is 3.28. The maximum atomic E-state index is 12.8. The summed E-state index contributed by atoms with van der Waals surface area (Å²) < 4.78 is 0. The van der Waals surface area contributed by atoms with Gasteiger partial charge in [-0.25, -0.2) is 0 Å². The molecule has 1 atom stereocenters. The van der Waals surface area contributed by atoms with E-state index in [1.165, 1.54) is 18.1 Å². The van der Waals surface area contributed by atoms with Gasteiger partial charge in [0.15, 0.2) is 0 Å². The van der Waals surface area contributed by atoms with E-state index in [9.17, 15) is 14.9 Å². The van der Waals surface area contributed by atoms with Crippen LogP contribution in [0.3, 0.4) is 0 Å². The van der Waals surface area contributed by atoms with Gasteiger partial charge >= 0.3 is 0 Å². The van der Waals surface area contributed by atoms with Crippen molar-refractivity contribution >= 4 is 23.2 Å². The standard InChI is InChI=1S/C17H23ClN3O3/c1-11(2)9-19-5-6-20(10-12(19)3)17(22)15-7-14(18)8-16(13(15)4)21(23)24/h7-8,12H,5-6,9-10H2,1-4H3/t12-/m1/s1. The summed E-state index contributed by atoms with van der Waals surface area (Å²) in [7, 11) is 0. The zero-order valence-electron chi connectivity index (χ0n) is 14.5. The van der Waals surface area contributed by atoms with Crippen molar-refractivity contribution in [2.24, 2.45) is 0 Å². The topological polar surface area (TPSA) is 66.7 Å². The van der Waals surface area contributed by atoms with Crippen molar-refractivity contribution in [2.75, 3.05) is 26.2 Å². The van der Waals surface area contributed by atoms with E-state index >= 15 is 0 Å². The molecule has 0 saturated carbocycles. The molecule has 24 heavy (non-hydrogen) atoms. The fourth-order valence-electron chi connectivity index (χ4n) is 3.07. The summed E-state index contributed by atoms with van der Waals surface area (Å²) in [4.78, 5) is 27.6. The van der Waals surface area contributed by atoms with Gasteiger partial charge in [-0.05, 0) is 25.8 Å². The van der Waals surface area contributed by atoms with E-state index in [1.54, 1.807) is 11.8 Å². The molecule has 1 aromatic carbocycles. The molecule has 1 fully saturated rings. The van der Waals surface area contributed by atoms with Gasteiger partial charge in [-0.15, -0.1) is 0 Å². The van der Waals surface area contributed by atoms with E-state index in [1.807, 2.05) is 0 Å². The highest BCUT2D eigenvalue weighted by Gasteiger charge is 2.30. The lowest BCUT2D eigenvalue weighted by atomic mass is 10.0. The summed E-state index contributed by atoms with van der Waals surface area (Å²) in [6, 6.07) is 3.05. The lowest BCUT2D eigenvalue weighted by Crippen LogP contribution is -2.54. The van der Waals surface area contributed by atoms with Crippen LogP contribution in [0.15, 0.2) is 12.1 Å². The van der Waals surface area contributed by atoms with Gasteiger partial charge in [0.25, 0.3) is 11.6 Å². The molecule has 0 spiro atoms. The normalized spacial score (nSPS) is 18.9. The number of hydrogen-bond donors (Lipinski definition) is 0. The van der Waals surface area contributed by atoms with Crippen molar-refractivity contribution in [2.45, 2.75) is 33.7 Å². The summed E-state index contributed by atoms with van der Waals surface area (Å²) >= 11 is 5.97. The van der Waals surface area contributed by atoms with E-state index < -0.39 is 4.92 Å². The van der Waals surface area contributed by atoms with Crippen LogP contribution in [-0.2, 0) is 0 Å². The number of halogens is 1. The first kappa shape index (κ1) is 18.7. The van der Waals surface area contributed by atoms with Crippen LogP contribution in [0.25, 0.3) is 0 Å². The number of nitro benzene ring substituents is 1. The number of carbonyl (C=O) groups excluding carboxylic acids is 1. The molecule has 1 amide bonds. The Morgan fingerprint density at radius 1 is 1.38 bits per heavy atom. The second kappa shape index (κ2) is 7.49. The van der Waals surface area contributed by atoms with E-state index in [0.717, 1.165) is 13.1 Å². The number of nitrogens with zero attached hydrogens (tertiary/aromatic N) is 3. The number of carbonyl (C=O) groups is 1. The molecule has 7 heteroatoms. The van der Waals surface area contributed by atoms with Crippen LogP contribution in [0, 0.1) is 23.0 Å². The molecule has 131 valence electrons. The maximum absolute atomic E-state index is 12.8. The monoisotopic (exact) mass is 352 g/mol. The lowest BCUT2D eigenvalue weighted by molar-refractivity contribution is -0.385. The smallest absolute Gasteiger partial charge is 0.274 e. The van der Waals surface area contributed by atoms with Gasteiger partial charge in [0.05, 0.1) is 10.5 Å². The predicted octanol–water partition coefficient (Wildman–Crippen LogP) is 3.32. The average molecular weight is 353 g/mol. The molecule has 1 radical (unpaired) electrons. The highest BCUT2D eigenvalue weighted by Crippen LogP contribution is 2.28. The molecule has 0 aromatic heterocycles. The third-order valence-corrected chi connectivity index (χ3v) is 4.56. The minimum atomic E-state index is -0.502. The lowest BCUT2D eigenvalue weighted by Gasteiger charge is -2.40. The van der Waals surface area contributed by atoms with Gasteiger partial charge in [-0.3, -0.25) is 19.8 Å². The van der Waals surface area contributed by atoms with Crippen molar-refractivity contribution < 1.29 is 9.72 Å². The maximum Gasteiger partial charge on any atom is 0.274 e. The minimum absolute atomic E-state index is 0.117. The molecule has 1 saturated heterocycles. The fraction of sp³-hybridized carbons (Fsp3) is 0.529. The Morgan fingerprint density at radius 2 is 2.04 bits per heavy atom. The highest BCUT2D eigenvalue weighted by molar-refractivity contribution is 6.31. The van der Waals surface area contributed by atoms with Crippen LogP contribution in [0.1, 0.15) is 36.7 Å². The number of amides is 1. The van der Waals surface area contributed by atoms with Gasteiger partial charge in [0.1, 0.15) is 0 Å². The molecule has 1 aliphatic rings. The Kier molecular flexibility index (Phi) is 5.83. The van der Waals surface area contributed by atoms with Crippen molar-refractivity contribution in [1.82, 2.24) is 9.80 Å². The minimum Gasteiger partial charge on any atom is -0.336 e. The Labute approximate surface area is 147 Å². The largest absolute Gasteiger partial charge is 0.336 e. The second-order valence-corrected chi connectivity index (χ2v) is 7.07. The summed E-state index contributed by atoms with van der Waals surface area (Å²) in [6.45, 7) is 10.8. The van der Waals surface area contributed by atoms with Crippen molar-refractivity contribution in [3.63, 3.8) is 0 Å². The first-order valence-electron chi connectivity index (χ1n) is 7.97. The highest BCUT2D eigenvalue weighted by atomic mass is 35.5. The molecule has 0 aliphatic carbocycles. The first-order chi connectivity index (χ1) is 11.2. The third kappa shape index (κ3) is 4.05. The predicted molar refractivity (Wildman–Crippen MR) is 94.4 cm³/mol. The second-order valence-electron chi connectivity index (χ2n) is 6.63. The van der Waals surface area contributed by atoms with Gasteiger partial charge in [0, 0.05) is 48.9 Å². The van der Waals surface area contributed by atoms with Crippen LogP contribution in [0.4, 0.5) is 5.69 Å². The van der Waals surface area contributed by atoms with Crippen LogP contribution < -0.4 is 0 Å². The van der Waals surface area contributed by atoms with Gasteiger partial charge in [-0.2, -0.15) is 0 Å². The zero-order chi connectivity index (χ0) is 18.0. The van der Waals surface area contributed by atoms with Crippen LogP contribution in [-0.4, -0.2) is 52.9 Å². The number of rotatable bonds is 4. The molecule has 6 nitrogen and oxygen atoms in total. The molecule has 1 aliphatic heterocycles. The molecule has 1 aromatic rings. The number of benzene rings is 1. The van der Waals surface area contributed by atoms with Gasteiger partial charge < -0.3 is 4.90 Å². The van der Waals surface area contributed by atoms with Crippen molar-refractivity contribution in [1.29, 1.82) is 0 Å². The Balaban J connectivity index is 2.20. The number of piperazine rings is 1. The first-order valence-corrected chi connectivity index (χ1v) is 8.35. The average Bonchev–Trinajstić information content (AvgIpc) is 2.50. The zero-order valence-corrected chi connectivity index (χ0v) is 15.3. The molecule has 2 rings (SSSR count). The van der Waals surface area contributed by atoms with Crippen LogP contribution in [0.2, 0.25) is 5.02 Å². The Hall–Kier alpha value is -1.66. The van der Waals surface area contributed by atoms with Gasteiger partial charge in [0.2, 0.25) is 0 Å². The molecule has 0 unspecified atom stereocenters. The summed E-state index contributed by atoms with van der Waals surface area (Å²) in [5.41, 5.74) is 0.559. The summed E-state index contributed by atoms with van der Waals surface area (Å²) in [5.74, 6) is 1.14. The molecular weight excluding hydrogens is 330 g/mol. The SMILES string of the molecule is C[C](C)CN1CCN(C(=O)c2cc(Cl)cc([N+](=O)[O-])c2C)C[C@H]1C. The van der Waals surface area contributed by atoms with E-state index in [-0.39, 0.29) is 22.7 Å². The number of hydrogen-bond acceptors (Lipinski definition) is 4. The molecule has 1 heterocycles. The summed E-state index contributed by atoms with van der Waals surface area (Å²) in [6.07, 6.45) is 0. The van der Waals surface area contributed by atoms with Gasteiger partial charge in [-0.1, -0.05) is 25.4 Å². The molecular formula is C17H23ClN3O3. The molecule has 0 N–H and O–H groups in total. The Morgan fingerprint density at radius 3 is 2.58 bits per heavy atom. The number of nitro groups is 1. The summed E-state index contributed by atoms with van der Waals surface area (Å²) in [5, 5.41) is 11.3. The van der Waals surface area contributed by atoms with E-state index in [4.69, 9.17) is 11.6 Å². The third-order valence-electron chi connectivity index (χ3n) is 4.34. The van der Waals surface area contributed by atoms with Crippen molar-refractivity contribution in [3.8, 4) is 0 Å².